The lowest BCUT2D eigenvalue weighted by molar-refractivity contribution is -0.383. The Labute approximate surface area is 194 Å². The van der Waals surface area contributed by atoms with E-state index >= 15 is 0 Å². The first-order valence-corrected chi connectivity index (χ1v) is 10.4. The highest BCUT2D eigenvalue weighted by atomic mass is 16.6. The van der Waals surface area contributed by atoms with Crippen LogP contribution in [0, 0.1) is 16.0 Å². The second-order valence-electron chi connectivity index (χ2n) is 7.70. The lowest BCUT2D eigenvalue weighted by Crippen LogP contribution is -2.28. The first kappa shape index (κ1) is 22.7. The fourth-order valence-corrected chi connectivity index (χ4v) is 3.88. The number of anilines is 2. The van der Waals surface area contributed by atoms with Crippen LogP contribution in [-0.4, -0.2) is 43.0 Å². The summed E-state index contributed by atoms with van der Waals surface area (Å²) in [4.78, 5) is 49.6. The molecule has 10 nitrogen and oxygen atoms in total. The zero-order valence-corrected chi connectivity index (χ0v) is 18.2. The maximum Gasteiger partial charge on any atom is 0.311 e. The summed E-state index contributed by atoms with van der Waals surface area (Å²) in [5.74, 6) is -2.07. The van der Waals surface area contributed by atoms with E-state index in [2.05, 4.69) is 5.32 Å². The van der Waals surface area contributed by atoms with Gasteiger partial charge in [0.15, 0.2) is 6.61 Å². The van der Waals surface area contributed by atoms with E-state index in [1.54, 1.807) is 4.90 Å². The normalized spacial score (nSPS) is 15.3. The predicted molar refractivity (Wildman–Crippen MR) is 124 cm³/mol. The number of hydrogen-bond acceptors (Lipinski definition) is 7. The average Bonchev–Trinajstić information content (AvgIpc) is 3.23. The van der Waals surface area contributed by atoms with E-state index in [9.17, 15) is 24.5 Å². The average molecular weight is 463 g/mol. The molecule has 2 amide bonds. The molecule has 1 saturated heterocycles. The number of benzene rings is 3. The molecule has 0 radical (unpaired) electrons. The molecule has 1 aliphatic rings. The zero-order chi connectivity index (χ0) is 24.2. The molecule has 0 spiro atoms. The lowest BCUT2D eigenvalue weighted by atomic mass is 10.1. The van der Waals surface area contributed by atoms with Gasteiger partial charge in [0.25, 0.3) is 11.6 Å². The zero-order valence-electron chi connectivity index (χ0n) is 18.2. The molecule has 3 aromatic rings. The van der Waals surface area contributed by atoms with Gasteiger partial charge in [-0.1, -0.05) is 36.4 Å². The van der Waals surface area contributed by atoms with Crippen molar-refractivity contribution in [1.29, 1.82) is 0 Å². The molecule has 0 aliphatic carbocycles. The maximum atomic E-state index is 12.6. The summed E-state index contributed by atoms with van der Waals surface area (Å²) in [7, 11) is 1.39. The van der Waals surface area contributed by atoms with Gasteiger partial charge < -0.3 is 19.7 Å². The molecular weight excluding hydrogens is 442 g/mol. The van der Waals surface area contributed by atoms with Crippen molar-refractivity contribution >= 4 is 45.6 Å². The molecule has 4 rings (SSSR count). The van der Waals surface area contributed by atoms with Gasteiger partial charge in [-0.15, -0.1) is 0 Å². The molecule has 1 fully saturated rings. The number of carbonyl (C=O) groups is 3. The minimum Gasteiger partial charge on any atom is -0.497 e. The molecular formula is C24H21N3O7. The van der Waals surface area contributed by atoms with Crippen LogP contribution >= 0.6 is 0 Å². The van der Waals surface area contributed by atoms with Crippen molar-refractivity contribution in [2.75, 3.05) is 30.5 Å². The van der Waals surface area contributed by atoms with Crippen molar-refractivity contribution in [1.82, 2.24) is 0 Å². The molecule has 3 aromatic carbocycles. The molecule has 34 heavy (non-hydrogen) atoms. The van der Waals surface area contributed by atoms with Gasteiger partial charge in [0.05, 0.1) is 23.6 Å². The maximum absolute atomic E-state index is 12.6. The van der Waals surface area contributed by atoms with Crippen LogP contribution in [-0.2, 0) is 19.1 Å². The molecule has 1 aliphatic heterocycles. The highest BCUT2D eigenvalue weighted by molar-refractivity contribution is 6.06. The van der Waals surface area contributed by atoms with Crippen LogP contribution in [0.4, 0.5) is 17.1 Å². The highest BCUT2D eigenvalue weighted by Gasteiger charge is 2.37. The van der Waals surface area contributed by atoms with Gasteiger partial charge in [-0.3, -0.25) is 24.5 Å². The number of hydrogen-bond donors (Lipinski definition) is 1. The number of nitrogens with one attached hydrogen (secondary N) is 1. The van der Waals surface area contributed by atoms with Crippen LogP contribution in [0.25, 0.3) is 10.8 Å². The van der Waals surface area contributed by atoms with Gasteiger partial charge in [-0.05, 0) is 17.5 Å². The Bertz CT molecular complexity index is 1290. The van der Waals surface area contributed by atoms with Crippen LogP contribution in [0.2, 0.25) is 0 Å². The largest absolute Gasteiger partial charge is 0.497 e. The van der Waals surface area contributed by atoms with Crippen molar-refractivity contribution in [3.8, 4) is 5.75 Å². The number of rotatable bonds is 7. The molecule has 10 heteroatoms. The number of ether oxygens (including phenoxy) is 2. The number of nitrogens with zero attached hydrogens (tertiary/aromatic N) is 2. The number of nitro groups is 1. The van der Waals surface area contributed by atoms with Crippen LogP contribution < -0.4 is 15.0 Å². The number of carbonyl (C=O) groups excluding carboxylic acids is 3. The molecule has 174 valence electrons. The van der Waals surface area contributed by atoms with Crippen LogP contribution in [0.5, 0.6) is 5.75 Å². The Morgan fingerprint density at radius 1 is 1.15 bits per heavy atom. The number of esters is 1. The minimum atomic E-state index is -0.750. The topological polar surface area (TPSA) is 128 Å². The van der Waals surface area contributed by atoms with Crippen molar-refractivity contribution in [3.63, 3.8) is 0 Å². The first-order chi connectivity index (χ1) is 16.4. The fraction of sp³-hybridized carbons (Fsp3) is 0.208. The van der Waals surface area contributed by atoms with Crippen LogP contribution in [0.3, 0.4) is 0 Å². The summed E-state index contributed by atoms with van der Waals surface area (Å²) < 4.78 is 10.1. The van der Waals surface area contributed by atoms with E-state index < -0.39 is 29.3 Å². The third kappa shape index (κ3) is 4.65. The van der Waals surface area contributed by atoms with Gasteiger partial charge in [0.1, 0.15) is 11.4 Å². The van der Waals surface area contributed by atoms with Gasteiger partial charge in [0.2, 0.25) is 5.91 Å². The smallest absolute Gasteiger partial charge is 0.311 e. The quantitative estimate of drug-likeness (QED) is 0.323. The Morgan fingerprint density at radius 2 is 1.91 bits per heavy atom. The highest BCUT2D eigenvalue weighted by Crippen LogP contribution is 2.32. The van der Waals surface area contributed by atoms with Crippen molar-refractivity contribution in [3.05, 3.63) is 70.8 Å². The van der Waals surface area contributed by atoms with Gasteiger partial charge in [-0.25, -0.2) is 0 Å². The third-order valence-corrected chi connectivity index (χ3v) is 5.54. The summed E-state index contributed by atoms with van der Waals surface area (Å²) >= 11 is 0. The monoisotopic (exact) mass is 463 g/mol. The summed E-state index contributed by atoms with van der Waals surface area (Å²) in [6.07, 6.45) is -0.0367. The van der Waals surface area contributed by atoms with Crippen LogP contribution in [0.1, 0.15) is 6.42 Å². The second-order valence-corrected chi connectivity index (χ2v) is 7.70. The number of fused-ring (bicyclic) bond motifs is 1. The molecule has 0 saturated carbocycles. The molecule has 0 aromatic heterocycles. The molecule has 1 atom stereocenters. The van der Waals surface area contributed by atoms with Crippen LogP contribution in [0.15, 0.2) is 60.7 Å². The summed E-state index contributed by atoms with van der Waals surface area (Å²) in [6, 6.07) is 17.1. The Balaban J connectivity index is 1.39. The van der Waals surface area contributed by atoms with Gasteiger partial charge in [-0.2, -0.15) is 0 Å². The Hall–Kier alpha value is -4.47. The summed E-state index contributed by atoms with van der Waals surface area (Å²) in [5, 5.41) is 15.4. The van der Waals surface area contributed by atoms with E-state index in [1.165, 1.54) is 25.3 Å². The van der Waals surface area contributed by atoms with E-state index in [4.69, 9.17) is 9.47 Å². The number of amides is 2. The molecule has 0 unspecified atom stereocenters. The minimum absolute atomic E-state index is 0.0367. The Kier molecular flexibility index (Phi) is 6.39. The molecule has 1 N–H and O–H groups in total. The molecule has 0 bridgehead atoms. The SMILES string of the molecule is COc1ccc([N+](=O)[O-])c(NC(=O)COC(=O)[C@@H]2CC(=O)N(c3cccc4ccccc34)C2)c1. The number of methoxy groups -OCH3 is 1. The predicted octanol–water partition coefficient (Wildman–Crippen LogP) is 3.29. The summed E-state index contributed by atoms with van der Waals surface area (Å²) in [5.41, 5.74) is 0.303. The summed E-state index contributed by atoms with van der Waals surface area (Å²) in [6.45, 7) is -0.513. The molecule has 1 heterocycles. The van der Waals surface area contributed by atoms with E-state index in [1.807, 2.05) is 42.5 Å². The first-order valence-electron chi connectivity index (χ1n) is 10.4. The van der Waals surface area contributed by atoms with E-state index in [0.717, 1.165) is 10.8 Å². The fourth-order valence-electron chi connectivity index (χ4n) is 3.88. The standard InChI is InChI=1S/C24H21N3O7/c1-33-17-9-10-21(27(31)32)19(12-17)25-22(28)14-34-24(30)16-11-23(29)26(13-16)20-8-4-6-15-5-2-3-7-18(15)20/h2-10,12,16H,11,13-14H2,1H3,(H,25,28)/t16-/m1/s1. The van der Waals surface area contributed by atoms with Crippen molar-refractivity contribution in [2.24, 2.45) is 5.92 Å². The Morgan fingerprint density at radius 3 is 2.68 bits per heavy atom. The van der Waals surface area contributed by atoms with Crippen molar-refractivity contribution < 1.29 is 28.8 Å². The third-order valence-electron chi connectivity index (χ3n) is 5.54. The second kappa shape index (κ2) is 9.57. The van der Waals surface area contributed by atoms with E-state index in [0.29, 0.717) is 11.4 Å². The van der Waals surface area contributed by atoms with Gasteiger partial charge >= 0.3 is 5.97 Å². The van der Waals surface area contributed by atoms with Crippen molar-refractivity contribution in [2.45, 2.75) is 6.42 Å². The van der Waals surface area contributed by atoms with E-state index in [-0.39, 0.29) is 30.2 Å². The van der Waals surface area contributed by atoms with Gasteiger partial charge in [0, 0.05) is 30.5 Å². The lowest BCUT2D eigenvalue weighted by Gasteiger charge is -2.18. The number of nitro benzene ring substituents is 1.